The molecule has 0 saturated carbocycles. The summed E-state index contributed by atoms with van der Waals surface area (Å²) >= 11 is 5.70. The summed E-state index contributed by atoms with van der Waals surface area (Å²) in [6.07, 6.45) is 1.07. The second kappa shape index (κ2) is 6.12. The van der Waals surface area contributed by atoms with Crippen LogP contribution >= 0.6 is 11.6 Å². The minimum Gasteiger partial charge on any atom is -0.267 e. The predicted octanol–water partition coefficient (Wildman–Crippen LogP) is 1.95. The number of rotatable bonds is 2. The minimum absolute atomic E-state index is 0.128. The number of carbonyl (C=O) groups excluding carboxylic acids is 2. The Morgan fingerprint density at radius 2 is 1.50 bits per heavy atom. The maximum atomic E-state index is 12.6. The van der Waals surface area contributed by atoms with Crippen molar-refractivity contribution in [2.75, 3.05) is 0 Å². The lowest BCUT2D eigenvalue weighted by Gasteiger charge is -2.07. The molecule has 2 amide bonds. The molecule has 0 unspecified atom stereocenters. The minimum atomic E-state index is -0.688. The van der Waals surface area contributed by atoms with Gasteiger partial charge in [-0.2, -0.15) is 4.39 Å². The van der Waals surface area contributed by atoms with Crippen molar-refractivity contribution >= 4 is 23.4 Å². The standard InChI is InChI=1S/C13H9ClFN3O2/c14-10-4-1-8(2-5-10)12(19)17-18-13(20)9-3-6-11(15)16-7-9/h1-7H,(H,17,19)(H,18,20). The van der Waals surface area contributed by atoms with E-state index in [1.54, 1.807) is 12.1 Å². The first-order valence-electron chi connectivity index (χ1n) is 5.54. The number of hydrogen-bond acceptors (Lipinski definition) is 3. The Morgan fingerprint density at radius 1 is 0.950 bits per heavy atom. The highest BCUT2D eigenvalue weighted by atomic mass is 35.5. The van der Waals surface area contributed by atoms with Gasteiger partial charge in [0.15, 0.2) is 0 Å². The van der Waals surface area contributed by atoms with Crippen LogP contribution < -0.4 is 10.9 Å². The maximum Gasteiger partial charge on any atom is 0.271 e. The van der Waals surface area contributed by atoms with Gasteiger partial charge in [-0.15, -0.1) is 0 Å². The second-order valence-electron chi connectivity index (χ2n) is 3.78. The van der Waals surface area contributed by atoms with Crippen LogP contribution in [0.3, 0.4) is 0 Å². The zero-order valence-electron chi connectivity index (χ0n) is 10.1. The maximum absolute atomic E-state index is 12.6. The third kappa shape index (κ3) is 3.52. The molecule has 1 aromatic carbocycles. The highest BCUT2D eigenvalue weighted by Gasteiger charge is 2.09. The van der Waals surface area contributed by atoms with E-state index in [2.05, 4.69) is 15.8 Å². The molecule has 1 aromatic heterocycles. The van der Waals surface area contributed by atoms with E-state index in [1.807, 2.05) is 0 Å². The molecule has 0 bridgehead atoms. The topological polar surface area (TPSA) is 71.1 Å². The van der Waals surface area contributed by atoms with Crippen LogP contribution in [0.15, 0.2) is 42.6 Å². The van der Waals surface area contributed by atoms with E-state index in [4.69, 9.17) is 11.6 Å². The molecule has 0 aliphatic rings. The average Bonchev–Trinajstić information content (AvgIpc) is 2.46. The number of carbonyl (C=O) groups is 2. The molecule has 7 heteroatoms. The zero-order chi connectivity index (χ0) is 14.5. The van der Waals surface area contributed by atoms with E-state index >= 15 is 0 Å². The Bertz CT molecular complexity index is 572. The lowest BCUT2D eigenvalue weighted by atomic mass is 10.2. The molecule has 5 nitrogen and oxygen atoms in total. The van der Waals surface area contributed by atoms with Crippen LogP contribution in [0.4, 0.5) is 4.39 Å². The van der Waals surface area contributed by atoms with Gasteiger partial charge in [-0.3, -0.25) is 20.4 Å². The number of aromatic nitrogens is 1. The van der Waals surface area contributed by atoms with Crippen LogP contribution in [0.2, 0.25) is 5.02 Å². The Hall–Kier alpha value is -2.47. The Balaban J connectivity index is 1.94. The number of benzene rings is 1. The Morgan fingerprint density at radius 3 is 2.05 bits per heavy atom. The molecule has 0 atom stereocenters. The summed E-state index contributed by atoms with van der Waals surface area (Å²) in [5, 5.41) is 0.503. The van der Waals surface area contributed by atoms with Gasteiger partial charge in [-0.1, -0.05) is 11.6 Å². The molecule has 1 heterocycles. The monoisotopic (exact) mass is 293 g/mol. The average molecular weight is 294 g/mol. The normalized spacial score (nSPS) is 9.90. The van der Waals surface area contributed by atoms with E-state index in [9.17, 15) is 14.0 Å². The molecule has 0 spiro atoms. The lowest BCUT2D eigenvalue weighted by Crippen LogP contribution is -2.41. The summed E-state index contributed by atoms with van der Waals surface area (Å²) in [6, 6.07) is 8.46. The predicted molar refractivity (Wildman–Crippen MR) is 70.6 cm³/mol. The molecular formula is C13H9ClFN3O2. The largest absolute Gasteiger partial charge is 0.271 e. The van der Waals surface area contributed by atoms with Gasteiger partial charge in [-0.05, 0) is 36.4 Å². The molecule has 102 valence electrons. The summed E-state index contributed by atoms with van der Waals surface area (Å²) < 4.78 is 12.6. The smallest absolute Gasteiger partial charge is 0.267 e. The fraction of sp³-hybridized carbons (Fsp3) is 0. The van der Waals surface area contributed by atoms with E-state index in [-0.39, 0.29) is 5.56 Å². The number of nitrogens with one attached hydrogen (secondary N) is 2. The molecule has 2 rings (SSSR count). The van der Waals surface area contributed by atoms with Crippen LogP contribution in [-0.2, 0) is 0 Å². The van der Waals surface area contributed by atoms with Gasteiger partial charge >= 0.3 is 0 Å². The molecule has 2 N–H and O–H groups in total. The van der Waals surface area contributed by atoms with Gasteiger partial charge in [0.05, 0.1) is 5.56 Å². The van der Waals surface area contributed by atoms with Gasteiger partial charge < -0.3 is 0 Å². The van der Waals surface area contributed by atoms with Crippen molar-refractivity contribution in [3.05, 3.63) is 64.7 Å². The molecule has 2 aromatic rings. The zero-order valence-corrected chi connectivity index (χ0v) is 10.8. The lowest BCUT2D eigenvalue weighted by molar-refractivity contribution is 0.0846. The highest BCUT2D eigenvalue weighted by molar-refractivity contribution is 6.30. The van der Waals surface area contributed by atoms with Crippen LogP contribution in [0.1, 0.15) is 20.7 Å². The van der Waals surface area contributed by atoms with Crippen molar-refractivity contribution in [2.24, 2.45) is 0 Å². The van der Waals surface area contributed by atoms with E-state index < -0.39 is 17.8 Å². The second-order valence-corrected chi connectivity index (χ2v) is 4.22. The van der Waals surface area contributed by atoms with E-state index in [0.29, 0.717) is 10.6 Å². The van der Waals surface area contributed by atoms with Crippen LogP contribution in [0.25, 0.3) is 0 Å². The fourth-order valence-electron chi connectivity index (χ4n) is 1.37. The Kier molecular flexibility index (Phi) is 4.27. The summed E-state index contributed by atoms with van der Waals surface area (Å²) in [6.45, 7) is 0. The highest BCUT2D eigenvalue weighted by Crippen LogP contribution is 2.09. The third-order valence-electron chi connectivity index (χ3n) is 2.39. The molecule has 0 radical (unpaired) electrons. The number of amides is 2. The number of halogens is 2. The molecule has 20 heavy (non-hydrogen) atoms. The molecule has 0 fully saturated rings. The van der Waals surface area contributed by atoms with Gasteiger partial charge in [0.1, 0.15) is 0 Å². The van der Waals surface area contributed by atoms with Crippen LogP contribution in [0.5, 0.6) is 0 Å². The molecule has 0 aliphatic heterocycles. The SMILES string of the molecule is O=C(NNC(=O)c1ccc(F)nc1)c1ccc(Cl)cc1. The van der Waals surface area contributed by atoms with E-state index in [1.165, 1.54) is 18.2 Å². The van der Waals surface area contributed by atoms with Crippen molar-refractivity contribution in [2.45, 2.75) is 0 Å². The van der Waals surface area contributed by atoms with Crippen molar-refractivity contribution in [1.82, 2.24) is 15.8 Å². The van der Waals surface area contributed by atoms with Gasteiger partial charge in [0, 0.05) is 16.8 Å². The first-order chi connectivity index (χ1) is 9.56. The van der Waals surface area contributed by atoms with Gasteiger partial charge in [0.2, 0.25) is 5.95 Å². The molecular weight excluding hydrogens is 285 g/mol. The fourth-order valence-corrected chi connectivity index (χ4v) is 1.50. The van der Waals surface area contributed by atoms with E-state index in [0.717, 1.165) is 12.3 Å². The number of pyridine rings is 1. The molecule has 0 saturated heterocycles. The molecule has 0 aliphatic carbocycles. The van der Waals surface area contributed by atoms with Crippen molar-refractivity contribution in [3.8, 4) is 0 Å². The number of hydrazine groups is 1. The van der Waals surface area contributed by atoms with Crippen molar-refractivity contribution in [3.63, 3.8) is 0 Å². The van der Waals surface area contributed by atoms with Gasteiger partial charge in [0.25, 0.3) is 11.8 Å². The summed E-state index contributed by atoms with van der Waals surface area (Å²) in [4.78, 5) is 26.7. The quantitative estimate of drug-likeness (QED) is 0.657. The number of hydrogen-bond donors (Lipinski definition) is 2. The third-order valence-corrected chi connectivity index (χ3v) is 2.64. The van der Waals surface area contributed by atoms with Crippen molar-refractivity contribution < 1.29 is 14.0 Å². The Labute approximate surface area is 118 Å². The van der Waals surface area contributed by atoms with Crippen LogP contribution in [0, 0.1) is 5.95 Å². The first kappa shape index (κ1) is 14.0. The first-order valence-corrected chi connectivity index (χ1v) is 5.92. The van der Waals surface area contributed by atoms with Gasteiger partial charge in [-0.25, -0.2) is 4.98 Å². The number of nitrogens with zero attached hydrogens (tertiary/aromatic N) is 1. The van der Waals surface area contributed by atoms with Crippen molar-refractivity contribution in [1.29, 1.82) is 0 Å². The summed E-state index contributed by atoms with van der Waals surface area (Å²) in [7, 11) is 0. The van der Waals surface area contributed by atoms with Crippen LogP contribution in [-0.4, -0.2) is 16.8 Å². The summed E-state index contributed by atoms with van der Waals surface area (Å²) in [5.74, 6) is -1.78. The summed E-state index contributed by atoms with van der Waals surface area (Å²) in [5.41, 5.74) is 4.89.